The quantitative estimate of drug-likeness (QED) is 0.861. The van der Waals surface area contributed by atoms with Crippen molar-refractivity contribution in [1.29, 1.82) is 0 Å². The van der Waals surface area contributed by atoms with Gasteiger partial charge < -0.3 is 5.32 Å². The molecule has 7 heteroatoms. The molecular formula is C15H27N3O2S2. The van der Waals surface area contributed by atoms with Crippen LogP contribution < -0.4 is 5.32 Å². The zero-order chi connectivity index (χ0) is 16.5. The summed E-state index contributed by atoms with van der Waals surface area (Å²) in [5.74, 6) is 0.445. The summed E-state index contributed by atoms with van der Waals surface area (Å²) in [6, 6.07) is 0.280. The molecule has 0 saturated carbocycles. The molecular weight excluding hydrogens is 318 g/mol. The summed E-state index contributed by atoms with van der Waals surface area (Å²) in [5, 5.41) is 4.67. The zero-order valence-corrected chi connectivity index (χ0v) is 15.7. The van der Waals surface area contributed by atoms with Gasteiger partial charge in [0.1, 0.15) is 0 Å². The molecule has 0 unspecified atom stereocenters. The first-order chi connectivity index (χ1) is 10.2. The fraction of sp³-hybridized carbons (Fsp3) is 0.800. The highest BCUT2D eigenvalue weighted by atomic mass is 32.2. The molecule has 1 aromatic rings. The van der Waals surface area contributed by atoms with Crippen LogP contribution in [-0.2, 0) is 10.0 Å². The number of nitrogens with zero attached hydrogens (tertiary/aromatic N) is 2. The smallest absolute Gasteiger partial charge is 0.211 e. The van der Waals surface area contributed by atoms with Crippen molar-refractivity contribution in [3.8, 4) is 0 Å². The van der Waals surface area contributed by atoms with E-state index in [4.69, 9.17) is 0 Å². The molecule has 0 radical (unpaired) electrons. The lowest BCUT2D eigenvalue weighted by atomic mass is 10.2. The largest absolute Gasteiger partial charge is 0.308 e. The SMILES string of the molecule is Cc1nc(C(C)C)sc1[C@@H](C)NC[C@H]1CCCN1S(C)(=O)=O. The van der Waals surface area contributed by atoms with E-state index in [1.807, 2.05) is 6.92 Å². The maximum Gasteiger partial charge on any atom is 0.211 e. The summed E-state index contributed by atoms with van der Waals surface area (Å²) in [5.41, 5.74) is 1.08. The predicted octanol–water partition coefficient (Wildman–Crippen LogP) is 2.65. The molecule has 0 spiro atoms. The molecule has 1 aromatic heterocycles. The topological polar surface area (TPSA) is 62.3 Å². The van der Waals surface area contributed by atoms with Crippen molar-refractivity contribution in [2.45, 2.75) is 58.5 Å². The Labute approximate surface area is 138 Å². The number of thiazole rings is 1. The highest BCUT2D eigenvalue weighted by Gasteiger charge is 2.31. The number of aromatic nitrogens is 1. The molecule has 2 atom stereocenters. The molecule has 0 aliphatic carbocycles. The third-order valence-electron chi connectivity index (χ3n) is 4.14. The van der Waals surface area contributed by atoms with Crippen molar-refractivity contribution < 1.29 is 8.42 Å². The number of hydrogen-bond acceptors (Lipinski definition) is 5. The highest BCUT2D eigenvalue weighted by Crippen LogP contribution is 2.29. The van der Waals surface area contributed by atoms with Crippen molar-refractivity contribution in [2.24, 2.45) is 0 Å². The van der Waals surface area contributed by atoms with Crippen LogP contribution in [0.25, 0.3) is 0 Å². The highest BCUT2D eigenvalue weighted by molar-refractivity contribution is 7.88. The first-order valence-corrected chi connectivity index (χ1v) is 10.5. The lowest BCUT2D eigenvalue weighted by Gasteiger charge is -2.24. The third-order valence-corrected chi connectivity index (χ3v) is 7.12. The van der Waals surface area contributed by atoms with Crippen LogP contribution in [0.2, 0.25) is 0 Å². The van der Waals surface area contributed by atoms with Crippen LogP contribution in [-0.4, -0.2) is 43.1 Å². The van der Waals surface area contributed by atoms with Gasteiger partial charge in [0.25, 0.3) is 0 Å². The van der Waals surface area contributed by atoms with Gasteiger partial charge in [-0.1, -0.05) is 13.8 Å². The van der Waals surface area contributed by atoms with Crippen LogP contribution in [0.4, 0.5) is 0 Å². The molecule has 1 saturated heterocycles. The number of nitrogens with one attached hydrogen (secondary N) is 1. The van der Waals surface area contributed by atoms with Gasteiger partial charge in [0.2, 0.25) is 10.0 Å². The van der Waals surface area contributed by atoms with Gasteiger partial charge in [-0.05, 0) is 26.7 Å². The van der Waals surface area contributed by atoms with Crippen LogP contribution in [0.5, 0.6) is 0 Å². The Hall–Kier alpha value is -0.500. The van der Waals surface area contributed by atoms with Gasteiger partial charge in [0, 0.05) is 36.0 Å². The monoisotopic (exact) mass is 345 g/mol. The third kappa shape index (κ3) is 4.07. The second-order valence-corrected chi connectivity index (χ2v) is 9.45. The van der Waals surface area contributed by atoms with E-state index in [1.54, 1.807) is 15.6 Å². The molecule has 0 aromatic carbocycles. The van der Waals surface area contributed by atoms with Crippen molar-refractivity contribution >= 4 is 21.4 Å². The van der Waals surface area contributed by atoms with E-state index in [-0.39, 0.29) is 12.1 Å². The summed E-state index contributed by atoms with van der Waals surface area (Å²) < 4.78 is 25.2. The molecule has 0 bridgehead atoms. The number of aryl methyl sites for hydroxylation is 1. The maximum atomic E-state index is 11.8. The maximum absolute atomic E-state index is 11.8. The Bertz CT molecular complexity index is 610. The van der Waals surface area contributed by atoms with E-state index < -0.39 is 10.0 Å². The number of sulfonamides is 1. The van der Waals surface area contributed by atoms with Gasteiger partial charge in [0.15, 0.2) is 0 Å². The molecule has 1 aliphatic rings. The van der Waals surface area contributed by atoms with E-state index in [9.17, 15) is 8.42 Å². The fourth-order valence-electron chi connectivity index (χ4n) is 2.93. The van der Waals surface area contributed by atoms with Crippen LogP contribution in [0.15, 0.2) is 0 Å². The Morgan fingerprint density at radius 1 is 1.41 bits per heavy atom. The first-order valence-electron chi connectivity index (χ1n) is 7.87. The van der Waals surface area contributed by atoms with E-state index in [2.05, 4.69) is 31.1 Å². The van der Waals surface area contributed by atoms with Gasteiger partial charge in [-0.3, -0.25) is 0 Å². The van der Waals surface area contributed by atoms with E-state index in [0.29, 0.717) is 19.0 Å². The first kappa shape index (κ1) is 17.8. The second-order valence-electron chi connectivity index (χ2n) is 6.46. The molecule has 1 aliphatic heterocycles. The molecule has 126 valence electrons. The summed E-state index contributed by atoms with van der Waals surface area (Å²) >= 11 is 1.76. The van der Waals surface area contributed by atoms with Gasteiger partial charge in [-0.25, -0.2) is 13.4 Å². The molecule has 1 N–H and O–H groups in total. The van der Waals surface area contributed by atoms with Gasteiger partial charge in [-0.2, -0.15) is 4.31 Å². The second kappa shape index (κ2) is 6.95. The van der Waals surface area contributed by atoms with Crippen LogP contribution in [0.1, 0.15) is 61.2 Å². The van der Waals surface area contributed by atoms with Gasteiger partial charge >= 0.3 is 0 Å². The Morgan fingerprint density at radius 2 is 2.09 bits per heavy atom. The minimum Gasteiger partial charge on any atom is -0.308 e. The average Bonchev–Trinajstić information content (AvgIpc) is 3.01. The Kier molecular flexibility index (Phi) is 5.63. The molecule has 22 heavy (non-hydrogen) atoms. The lowest BCUT2D eigenvalue weighted by Crippen LogP contribution is -2.41. The average molecular weight is 346 g/mol. The number of rotatable bonds is 6. The van der Waals surface area contributed by atoms with Gasteiger partial charge in [-0.15, -0.1) is 11.3 Å². The van der Waals surface area contributed by atoms with Crippen LogP contribution >= 0.6 is 11.3 Å². The van der Waals surface area contributed by atoms with Crippen molar-refractivity contribution in [1.82, 2.24) is 14.6 Å². The van der Waals surface area contributed by atoms with Crippen LogP contribution in [0, 0.1) is 6.92 Å². The molecule has 0 amide bonds. The van der Waals surface area contributed by atoms with Crippen molar-refractivity contribution in [3.05, 3.63) is 15.6 Å². The summed E-state index contributed by atoms with van der Waals surface area (Å²) in [6.45, 7) is 9.84. The minimum absolute atomic E-state index is 0.0789. The van der Waals surface area contributed by atoms with E-state index in [0.717, 1.165) is 18.5 Å². The summed E-state index contributed by atoms with van der Waals surface area (Å²) in [6.07, 6.45) is 3.19. The Balaban J connectivity index is 1.99. The van der Waals surface area contributed by atoms with E-state index >= 15 is 0 Å². The number of hydrogen-bond donors (Lipinski definition) is 1. The standard InChI is InChI=1S/C15H27N3O2S2/c1-10(2)15-17-12(4)14(21-15)11(3)16-9-13-7-6-8-18(13)22(5,19)20/h10-11,13,16H,6-9H2,1-5H3/t11-,13-/m1/s1. The summed E-state index contributed by atoms with van der Waals surface area (Å²) in [7, 11) is -3.10. The molecule has 5 nitrogen and oxygen atoms in total. The Morgan fingerprint density at radius 3 is 2.64 bits per heavy atom. The zero-order valence-electron chi connectivity index (χ0n) is 14.1. The van der Waals surface area contributed by atoms with Gasteiger partial charge in [0.05, 0.1) is 17.0 Å². The molecule has 2 rings (SSSR count). The predicted molar refractivity (Wildman–Crippen MR) is 91.9 cm³/mol. The van der Waals surface area contributed by atoms with Crippen molar-refractivity contribution in [3.63, 3.8) is 0 Å². The fourth-order valence-corrected chi connectivity index (χ4v) is 5.21. The van der Waals surface area contributed by atoms with Crippen LogP contribution in [0.3, 0.4) is 0 Å². The molecule has 2 heterocycles. The molecule has 1 fully saturated rings. The lowest BCUT2D eigenvalue weighted by molar-refractivity contribution is 0.364. The minimum atomic E-state index is -3.10. The normalized spacial score (nSPS) is 21.6. The summed E-state index contributed by atoms with van der Waals surface area (Å²) in [4.78, 5) is 5.89. The van der Waals surface area contributed by atoms with E-state index in [1.165, 1.54) is 16.1 Å². The van der Waals surface area contributed by atoms with Crippen molar-refractivity contribution in [2.75, 3.05) is 19.3 Å².